The SMILES string of the molecule is C=CCCOCCNCc1nc(C)c(C)o1. The van der Waals surface area contributed by atoms with Crippen LogP contribution in [0.4, 0.5) is 0 Å². The first kappa shape index (κ1) is 12.9. The van der Waals surface area contributed by atoms with Crippen LogP contribution in [-0.2, 0) is 11.3 Å². The summed E-state index contributed by atoms with van der Waals surface area (Å²) in [5.74, 6) is 1.63. The molecule has 0 aliphatic carbocycles. The topological polar surface area (TPSA) is 47.3 Å². The lowest BCUT2D eigenvalue weighted by molar-refractivity contribution is 0.140. The van der Waals surface area contributed by atoms with Gasteiger partial charge in [0.05, 0.1) is 25.5 Å². The zero-order valence-corrected chi connectivity index (χ0v) is 10.1. The van der Waals surface area contributed by atoms with Crippen molar-refractivity contribution in [2.24, 2.45) is 0 Å². The van der Waals surface area contributed by atoms with Gasteiger partial charge in [-0.3, -0.25) is 0 Å². The molecule has 0 radical (unpaired) electrons. The van der Waals surface area contributed by atoms with Crippen molar-refractivity contribution in [1.82, 2.24) is 10.3 Å². The smallest absolute Gasteiger partial charge is 0.208 e. The molecule has 0 amide bonds. The van der Waals surface area contributed by atoms with Gasteiger partial charge < -0.3 is 14.5 Å². The van der Waals surface area contributed by atoms with Gasteiger partial charge in [0.2, 0.25) is 5.89 Å². The monoisotopic (exact) mass is 224 g/mol. The Morgan fingerprint density at radius 2 is 2.25 bits per heavy atom. The molecule has 1 rings (SSSR count). The third kappa shape index (κ3) is 4.59. The minimum Gasteiger partial charge on any atom is -0.444 e. The largest absolute Gasteiger partial charge is 0.444 e. The molecule has 0 aliphatic heterocycles. The third-order valence-corrected chi connectivity index (χ3v) is 2.24. The lowest BCUT2D eigenvalue weighted by Crippen LogP contribution is -2.19. The highest BCUT2D eigenvalue weighted by Gasteiger charge is 2.03. The fourth-order valence-electron chi connectivity index (χ4n) is 1.22. The van der Waals surface area contributed by atoms with Gasteiger partial charge in [-0.1, -0.05) is 6.08 Å². The average Bonchev–Trinajstić information content (AvgIpc) is 2.57. The fourth-order valence-corrected chi connectivity index (χ4v) is 1.22. The van der Waals surface area contributed by atoms with E-state index in [1.807, 2.05) is 19.9 Å². The molecule has 90 valence electrons. The second-order valence-electron chi connectivity index (χ2n) is 3.62. The molecule has 0 fully saturated rings. The molecule has 0 bridgehead atoms. The molecule has 0 unspecified atom stereocenters. The van der Waals surface area contributed by atoms with E-state index in [1.54, 1.807) is 0 Å². The molecule has 0 spiro atoms. The lowest BCUT2D eigenvalue weighted by Gasteiger charge is -2.02. The maximum Gasteiger partial charge on any atom is 0.208 e. The first-order chi connectivity index (χ1) is 7.74. The van der Waals surface area contributed by atoms with Crippen LogP contribution in [0.1, 0.15) is 23.8 Å². The van der Waals surface area contributed by atoms with Gasteiger partial charge >= 0.3 is 0 Å². The van der Waals surface area contributed by atoms with Gasteiger partial charge in [-0.15, -0.1) is 6.58 Å². The molecule has 0 saturated carbocycles. The number of hydrogen-bond acceptors (Lipinski definition) is 4. The van der Waals surface area contributed by atoms with Crippen LogP contribution in [-0.4, -0.2) is 24.7 Å². The molecule has 4 nitrogen and oxygen atoms in total. The molecule has 1 heterocycles. The van der Waals surface area contributed by atoms with E-state index in [2.05, 4.69) is 16.9 Å². The Bertz CT molecular complexity index is 301. The summed E-state index contributed by atoms with van der Waals surface area (Å²) in [6, 6.07) is 0. The molecular weight excluding hydrogens is 204 g/mol. The molecule has 16 heavy (non-hydrogen) atoms. The van der Waals surface area contributed by atoms with Crippen molar-refractivity contribution in [3.63, 3.8) is 0 Å². The summed E-state index contributed by atoms with van der Waals surface area (Å²) in [5.41, 5.74) is 0.957. The van der Waals surface area contributed by atoms with Crippen molar-refractivity contribution in [2.75, 3.05) is 19.8 Å². The van der Waals surface area contributed by atoms with Crippen LogP contribution in [0.3, 0.4) is 0 Å². The fraction of sp³-hybridized carbons (Fsp3) is 0.583. The van der Waals surface area contributed by atoms with E-state index in [0.29, 0.717) is 13.2 Å². The first-order valence-electron chi connectivity index (χ1n) is 5.56. The normalized spacial score (nSPS) is 10.6. The van der Waals surface area contributed by atoms with E-state index >= 15 is 0 Å². The second kappa shape index (κ2) is 7.19. The molecule has 0 saturated heterocycles. The summed E-state index contributed by atoms with van der Waals surface area (Å²) < 4.78 is 10.8. The Hall–Kier alpha value is -1.13. The Morgan fingerprint density at radius 3 is 2.88 bits per heavy atom. The third-order valence-electron chi connectivity index (χ3n) is 2.24. The van der Waals surface area contributed by atoms with E-state index in [-0.39, 0.29) is 0 Å². The molecule has 4 heteroatoms. The van der Waals surface area contributed by atoms with E-state index < -0.39 is 0 Å². The zero-order chi connectivity index (χ0) is 11.8. The quantitative estimate of drug-likeness (QED) is 0.542. The Labute approximate surface area is 96.7 Å². The van der Waals surface area contributed by atoms with E-state index in [9.17, 15) is 0 Å². The molecule has 0 aliphatic rings. The van der Waals surface area contributed by atoms with Crippen molar-refractivity contribution in [3.8, 4) is 0 Å². The van der Waals surface area contributed by atoms with E-state index in [1.165, 1.54) is 0 Å². The lowest BCUT2D eigenvalue weighted by atomic mass is 10.4. The number of nitrogens with zero attached hydrogens (tertiary/aromatic N) is 1. The maximum absolute atomic E-state index is 5.43. The summed E-state index contributed by atoms with van der Waals surface area (Å²) in [7, 11) is 0. The molecule has 1 N–H and O–H groups in total. The van der Waals surface area contributed by atoms with Gasteiger partial charge in [0.25, 0.3) is 0 Å². The highest BCUT2D eigenvalue weighted by Crippen LogP contribution is 2.07. The standard InChI is InChI=1S/C12H20N2O2/c1-4-5-7-15-8-6-13-9-12-14-10(2)11(3)16-12/h4,13H,1,5-9H2,2-3H3. The number of oxazole rings is 1. The molecular formula is C12H20N2O2. The van der Waals surface area contributed by atoms with Crippen molar-refractivity contribution in [1.29, 1.82) is 0 Å². The zero-order valence-electron chi connectivity index (χ0n) is 10.1. The summed E-state index contributed by atoms with van der Waals surface area (Å²) in [4.78, 5) is 4.27. The van der Waals surface area contributed by atoms with Crippen LogP contribution in [0.5, 0.6) is 0 Å². The van der Waals surface area contributed by atoms with E-state index in [4.69, 9.17) is 9.15 Å². The van der Waals surface area contributed by atoms with Crippen LogP contribution in [0.15, 0.2) is 17.1 Å². The number of aromatic nitrogens is 1. The maximum atomic E-state index is 5.43. The molecule has 0 aromatic carbocycles. The van der Waals surface area contributed by atoms with E-state index in [0.717, 1.165) is 36.9 Å². The van der Waals surface area contributed by atoms with Crippen LogP contribution in [0.2, 0.25) is 0 Å². The predicted octanol–water partition coefficient (Wildman–Crippen LogP) is 1.97. The highest BCUT2D eigenvalue weighted by atomic mass is 16.5. The van der Waals surface area contributed by atoms with Crippen molar-refractivity contribution >= 4 is 0 Å². The number of aryl methyl sites for hydroxylation is 2. The van der Waals surface area contributed by atoms with Crippen molar-refractivity contribution in [3.05, 3.63) is 30.0 Å². The van der Waals surface area contributed by atoms with Crippen LogP contribution >= 0.6 is 0 Å². The first-order valence-corrected chi connectivity index (χ1v) is 5.56. The van der Waals surface area contributed by atoms with Crippen LogP contribution < -0.4 is 5.32 Å². The van der Waals surface area contributed by atoms with Gasteiger partial charge in [0.15, 0.2) is 0 Å². The summed E-state index contributed by atoms with van der Waals surface area (Å²) in [6.45, 7) is 10.4. The Kier molecular flexibility index (Phi) is 5.82. The highest BCUT2D eigenvalue weighted by molar-refractivity contribution is 5.04. The predicted molar refractivity (Wildman–Crippen MR) is 63.3 cm³/mol. The van der Waals surface area contributed by atoms with Crippen LogP contribution in [0.25, 0.3) is 0 Å². The summed E-state index contributed by atoms with van der Waals surface area (Å²) >= 11 is 0. The van der Waals surface area contributed by atoms with Gasteiger partial charge in [0, 0.05) is 6.54 Å². The average molecular weight is 224 g/mol. The number of ether oxygens (including phenoxy) is 1. The number of rotatable bonds is 8. The van der Waals surface area contributed by atoms with Gasteiger partial charge in [-0.2, -0.15) is 0 Å². The molecule has 0 atom stereocenters. The van der Waals surface area contributed by atoms with Gasteiger partial charge in [-0.25, -0.2) is 4.98 Å². The molecule has 1 aromatic heterocycles. The van der Waals surface area contributed by atoms with Gasteiger partial charge in [-0.05, 0) is 20.3 Å². The Morgan fingerprint density at radius 1 is 1.44 bits per heavy atom. The minimum atomic E-state index is 0.652. The van der Waals surface area contributed by atoms with Crippen molar-refractivity contribution < 1.29 is 9.15 Å². The summed E-state index contributed by atoms with van der Waals surface area (Å²) in [5, 5.41) is 3.21. The summed E-state index contributed by atoms with van der Waals surface area (Å²) in [6.07, 6.45) is 2.75. The van der Waals surface area contributed by atoms with Crippen molar-refractivity contribution in [2.45, 2.75) is 26.8 Å². The second-order valence-corrected chi connectivity index (χ2v) is 3.62. The molecule has 1 aromatic rings. The Balaban J connectivity index is 2.05. The van der Waals surface area contributed by atoms with Crippen LogP contribution in [0, 0.1) is 13.8 Å². The van der Waals surface area contributed by atoms with Gasteiger partial charge in [0.1, 0.15) is 5.76 Å². The number of hydrogen-bond donors (Lipinski definition) is 1. The number of nitrogens with one attached hydrogen (secondary N) is 1. The minimum absolute atomic E-state index is 0.652.